The van der Waals surface area contributed by atoms with Crippen LogP contribution in [0, 0.1) is 5.92 Å². The molecule has 0 saturated carbocycles. The van der Waals surface area contributed by atoms with Crippen LogP contribution in [0.4, 0.5) is 0 Å². The van der Waals surface area contributed by atoms with Gasteiger partial charge in [-0.25, -0.2) is 0 Å². The van der Waals surface area contributed by atoms with Gasteiger partial charge < -0.3 is 10.2 Å². The Morgan fingerprint density at radius 2 is 1.79 bits per heavy atom. The van der Waals surface area contributed by atoms with E-state index in [9.17, 15) is 9.59 Å². The summed E-state index contributed by atoms with van der Waals surface area (Å²) in [6, 6.07) is 0. The minimum absolute atomic E-state index is 0.473. The van der Waals surface area contributed by atoms with E-state index < -0.39 is 29.0 Å². The molecule has 1 atom stereocenters. The second-order valence-electron chi connectivity index (χ2n) is 3.10. The van der Waals surface area contributed by atoms with E-state index in [1.807, 2.05) is 0 Å². The highest BCUT2D eigenvalue weighted by molar-refractivity contribution is 7.82. The topological polar surface area (TPSA) is 74.6 Å². The van der Waals surface area contributed by atoms with Crippen molar-refractivity contribution < 1.29 is 19.8 Å². The fraction of sp³-hybridized carbons (Fsp3) is 0.333. The van der Waals surface area contributed by atoms with Crippen molar-refractivity contribution in [3.8, 4) is 0 Å². The number of carbonyl (C=O) groups is 2. The smallest absolute Gasteiger partial charge is 0.321 e. The van der Waals surface area contributed by atoms with Gasteiger partial charge in [0, 0.05) is 5.92 Å². The van der Waals surface area contributed by atoms with Gasteiger partial charge in [-0.1, -0.05) is 24.3 Å². The first kappa shape index (κ1) is 10.8. The lowest BCUT2D eigenvalue weighted by molar-refractivity contribution is -0.147. The molecule has 0 aromatic carbocycles. The minimum Gasteiger partial charge on any atom is -0.481 e. The normalized spacial score (nSPS) is 19.5. The van der Waals surface area contributed by atoms with Gasteiger partial charge in [-0.3, -0.25) is 9.59 Å². The summed E-state index contributed by atoms with van der Waals surface area (Å²) in [7, 11) is 0. The fourth-order valence-electron chi connectivity index (χ4n) is 1.32. The highest BCUT2D eigenvalue weighted by Gasteiger charge is 2.43. The molecule has 1 unspecified atom stereocenters. The summed E-state index contributed by atoms with van der Waals surface area (Å²) >= 11 is 3.97. The maximum atomic E-state index is 10.9. The largest absolute Gasteiger partial charge is 0.481 e. The average molecular weight is 214 g/mol. The lowest BCUT2D eigenvalue weighted by atomic mass is 9.89. The standard InChI is InChI=1S/C9H10O4S/c10-7(11)5-9(14,8(12)13)6-3-1-2-4-6/h1-4,6,14H,5H2,(H,10,11)(H,12,13). The highest BCUT2D eigenvalue weighted by atomic mass is 32.1. The third-order valence-electron chi connectivity index (χ3n) is 2.09. The molecule has 0 spiro atoms. The van der Waals surface area contributed by atoms with E-state index >= 15 is 0 Å². The molecule has 14 heavy (non-hydrogen) atoms. The summed E-state index contributed by atoms with van der Waals surface area (Å²) in [6.45, 7) is 0. The fourth-order valence-corrected chi connectivity index (χ4v) is 1.62. The van der Waals surface area contributed by atoms with Crippen LogP contribution in [0.1, 0.15) is 6.42 Å². The minimum atomic E-state index is -1.56. The van der Waals surface area contributed by atoms with Crippen molar-refractivity contribution in [3.05, 3.63) is 24.3 Å². The Labute approximate surface area is 86.3 Å². The van der Waals surface area contributed by atoms with Crippen LogP contribution < -0.4 is 0 Å². The monoisotopic (exact) mass is 214 g/mol. The Kier molecular flexibility index (Phi) is 3.00. The van der Waals surface area contributed by atoms with Crippen molar-refractivity contribution in [2.24, 2.45) is 5.92 Å². The zero-order valence-electron chi connectivity index (χ0n) is 7.25. The summed E-state index contributed by atoms with van der Waals surface area (Å²) in [5.74, 6) is -2.86. The molecule has 0 aromatic heterocycles. The second-order valence-corrected chi connectivity index (χ2v) is 3.89. The van der Waals surface area contributed by atoms with Crippen molar-refractivity contribution in [1.29, 1.82) is 0 Å². The molecule has 0 amide bonds. The Hall–Kier alpha value is -1.23. The van der Waals surface area contributed by atoms with Crippen LogP contribution in [-0.2, 0) is 9.59 Å². The van der Waals surface area contributed by atoms with E-state index in [0.29, 0.717) is 0 Å². The average Bonchev–Trinajstić information content (AvgIpc) is 2.53. The van der Waals surface area contributed by atoms with Crippen LogP contribution in [0.15, 0.2) is 24.3 Å². The molecule has 0 saturated heterocycles. The molecule has 2 N–H and O–H groups in total. The van der Waals surface area contributed by atoms with Crippen LogP contribution in [0.5, 0.6) is 0 Å². The van der Waals surface area contributed by atoms with Crippen LogP contribution in [-0.4, -0.2) is 26.9 Å². The SMILES string of the molecule is O=C(O)CC(S)(C(=O)O)C1C=CC=C1. The van der Waals surface area contributed by atoms with Crippen molar-refractivity contribution in [3.63, 3.8) is 0 Å². The first-order valence-corrected chi connectivity index (χ1v) is 4.44. The lowest BCUT2D eigenvalue weighted by Gasteiger charge is -2.26. The third-order valence-corrected chi connectivity index (χ3v) is 2.74. The summed E-state index contributed by atoms with van der Waals surface area (Å²) in [5, 5.41) is 17.5. The van der Waals surface area contributed by atoms with Gasteiger partial charge in [-0.15, -0.1) is 0 Å². The van der Waals surface area contributed by atoms with Crippen molar-refractivity contribution in [1.82, 2.24) is 0 Å². The highest BCUT2D eigenvalue weighted by Crippen LogP contribution is 2.33. The van der Waals surface area contributed by atoms with Crippen molar-refractivity contribution in [2.75, 3.05) is 0 Å². The summed E-state index contributed by atoms with van der Waals surface area (Å²) in [5.41, 5.74) is 0. The number of hydrogen-bond donors (Lipinski definition) is 3. The van der Waals surface area contributed by atoms with E-state index in [-0.39, 0.29) is 0 Å². The molecule has 76 valence electrons. The van der Waals surface area contributed by atoms with Crippen LogP contribution in [0.25, 0.3) is 0 Å². The molecule has 0 aromatic rings. The number of aliphatic carboxylic acids is 2. The molecule has 5 heteroatoms. The Morgan fingerprint density at radius 3 is 2.14 bits per heavy atom. The first-order valence-electron chi connectivity index (χ1n) is 3.99. The van der Waals surface area contributed by atoms with E-state index in [4.69, 9.17) is 10.2 Å². The quantitative estimate of drug-likeness (QED) is 0.609. The van der Waals surface area contributed by atoms with Gasteiger partial charge in [0.15, 0.2) is 0 Å². The number of carboxylic acid groups (broad SMARTS) is 2. The zero-order chi connectivity index (χ0) is 10.8. The van der Waals surface area contributed by atoms with E-state index in [1.165, 1.54) is 0 Å². The van der Waals surface area contributed by atoms with Crippen LogP contribution in [0.3, 0.4) is 0 Å². The maximum Gasteiger partial charge on any atom is 0.321 e. The van der Waals surface area contributed by atoms with Gasteiger partial charge in [-0.2, -0.15) is 12.6 Å². The predicted molar refractivity (Wildman–Crippen MR) is 53.4 cm³/mol. The summed E-state index contributed by atoms with van der Waals surface area (Å²) in [4.78, 5) is 21.5. The number of hydrogen-bond acceptors (Lipinski definition) is 3. The Morgan fingerprint density at radius 1 is 1.29 bits per heavy atom. The lowest BCUT2D eigenvalue weighted by Crippen LogP contribution is -2.40. The number of thiol groups is 1. The number of rotatable bonds is 4. The van der Waals surface area contributed by atoms with Gasteiger partial charge in [0.05, 0.1) is 6.42 Å². The predicted octanol–water partition coefficient (Wildman–Crippen LogP) is 0.957. The number of allylic oxidation sites excluding steroid dienone is 4. The van der Waals surface area contributed by atoms with Crippen molar-refractivity contribution in [2.45, 2.75) is 11.2 Å². The van der Waals surface area contributed by atoms with Gasteiger partial charge in [0.2, 0.25) is 0 Å². The van der Waals surface area contributed by atoms with Crippen LogP contribution >= 0.6 is 12.6 Å². The molecule has 0 fully saturated rings. The second kappa shape index (κ2) is 3.88. The molecular formula is C9H10O4S. The zero-order valence-corrected chi connectivity index (χ0v) is 8.15. The van der Waals surface area contributed by atoms with E-state index in [0.717, 1.165) is 0 Å². The third kappa shape index (κ3) is 1.98. The van der Waals surface area contributed by atoms with Gasteiger partial charge in [-0.05, 0) is 0 Å². The van der Waals surface area contributed by atoms with Crippen molar-refractivity contribution >= 4 is 24.6 Å². The number of carboxylic acids is 2. The van der Waals surface area contributed by atoms with Gasteiger partial charge >= 0.3 is 11.9 Å². The van der Waals surface area contributed by atoms with Gasteiger partial charge in [0.1, 0.15) is 4.75 Å². The molecule has 1 aliphatic carbocycles. The Bertz CT molecular complexity index is 309. The maximum absolute atomic E-state index is 10.9. The Balaban J connectivity index is 2.91. The molecule has 0 bridgehead atoms. The molecule has 0 radical (unpaired) electrons. The first-order chi connectivity index (χ1) is 6.47. The molecular weight excluding hydrogens is 204 g/mol. The molecule has 1 rings (SSSR count). The van der Waals surface area contributed by atoms with E-state index in [1.54, 1.807) is 24.3 Å². The van der Waals surface area contributed by atoms with Crippen LogP contribution in [0.2, 0.25) is 0 Å². The molecule has 4 nitrogen and oxygen atoms in total. The molecule has 0 heterocycles. The van der Waals surface area contributed by atoms with Gasteiger partial charge in [0.25, 0.3) is 0 Å². The molecule has 0 aliphatic heterocycles. The molecule has 1 aliphatic rings. The van der Waals surface area contributed by atoms with E-state index in [2.05, 4.69) is 12.6 Å². The summed E-state index contributed by atoms with van der Waals surface area (Å²) < 4.78 is -1.56. The summed E-state index contributed by atoms with van der Waals surface area (Å²) in [6.07, 6.45) is 6.11.